The number of hydrogen-bond acceptors (Lipinski definition) is 2. The summed E-state index contributed by atoms with van der Waals surface area (Å²) < 4.78 is 0.477. The summed E-state index contributed by atoms with van der Waals surface area (Å²) in [6, 6.07) is 0. The van der Waals surface area contributed by atoms with E-state index in [1.165, 1.54) is 51.4 Å². The van der Waals surface area contributed by atoms with Gasteiger partial charge < -0.3 is 14.7 Å². The number of carbonyl (C=O) groups is 1. The minimum absolute atomic E-state index is 0.314. The van der Waals surface area contributed by atoms with Crippen LogP contribution in [0, 0.1) is 0 Å². The summed E-state index contributed by atoms with van der Waals surface area (Å²) in [7, 11) is 5.77. The van der Waals surface area contributed by atoms with Crippen molar-refractivity contribution in [2.75, 3.05) is 27.7 Å². The molecular formula is C29H48NO3+. The second-order valence-corrected chi connectivity index (χ2v) is 9.71. The third-order valence-corrected chi connectivity index (χ3v) is 4.97. The Morgan fingerprint density at radius 2 is 1.18 bits per heavy atom. The Kier molecular flexibility index (Phi) is 18.0. The van der Waals surface area contributed by atoms with Crippen molar-refractivity contribution in [2.24, 2.45) is 0 Å². The maximum Gasteiger partial charge on any atom is 0.306 e. The molecule has 4 nitrogen and oxygen atoms in total. The van der Waals surface area contributed by atoms with Crippen molar-refractivity contribution >= 4 is 5.97 Å². The topological polar surface area (TPSA) is 57.5 Å². The molecule has 0 rings (SSSR count). The highest BCUT2D eigenvalue weighted by Gasteiger charge is 2.33. The third kappa shape index (κ3) is 22.8. The minimum atomic E-state index is -1.37. The van der Waals surface area contributed by atoms with Crippen LogP contribution >= 0.6 is 0 Å². The molecule has 1 atom stereocenters. The van der Waals surface area contributed by atoms with Gasteiger partial charge in [-0.25, -0.2) is 0 Å². The molecule has 1 unspecified atom stereocenters. The number of likely N-dealkylation sites (N-methyl/N-ethyl adjacent to an activating group) is 1. The third-order valence-electron chi connectivity index (χ3n) is 4.97. The first-order valence-corrected chi connectivity index (χ1v) is 12.4. The van der Waals surface area contributed by atoms with Gasteiger partial charge in [0.1, 0.15) is 12.1 Å². The minimum Gasteiger partial charge on any atom is -0.481 e. The van der Waals surface area contributed by atoms with E-state index >= 15 is 0 Å². The summed E-state index contributed by atoms with van der Waals surface area (Å²) in [5, 5.41) is 19.7. The zero-order valence-corrected chi connectivity index (χ0v) is 21.5. The largest absolute Gasteiger partial charge is 0.481 e. The average molecular weight is 459 g/mol. The summed E-state index contributed by atoms with van der Waals surface area (Å²) in [6.07, 6.45) is 34.7. The molecule has 33 heavy (non-hydrogen) atoms. The van der Waals surface area contributed by atoms with E-state index in [0.29, 0.717) is 11.0 Å². The first-order valence-electron chi connectivity index (χ1n) is 12.4. The van der Waals surface area contributed by atoms with Gasteiger partial charge in [0.15, 0.2) is 0 Å². The summed E-state index contributed by atoms with van der Waals surface area (Å²) in [6.45, 7) is 2.58. The predicted octanol–water partition coefficient (Wildman–Crippen LogP) is 6.77. The van der Waals surface area contributed by atoms with Crippen LogP contribution in [0.5, 0.6) is 0 Å². The first-order chi connectivity index (χ1) is 15.7. The van der Waals surface area contributed by atoms with E-state index in [9.17, 15) is 9.90 Å². The van der Waals surface area contributed by atoms with Gasteiger partial charge in [0.2, 0.25) is 0 Å². The molecule has 0 aliphatic heterocycles. The summed E-state index contributed by atoms with van der Waals surface area (Å²) >= 11 is 0. The molecule has 0 aliphatic rings. The molecule has 0 aromatic carbocycles. The smallest absolute Gasteiger partial charge is 0.306 e. The highest BCUT2D eigenvalue weighted by Crippen LogP contribution is 2.16. The van der Waals surface area contributed by atoms with E-state index in [-0.39, 0.29) is 6.42 Å². The van der Waals surface area contributed by atoms with Crippen molar-refractivity contribution in [3.63, 3.8) is 0 Å². The summed E-state index contributed by atoms with van der Waals surface area (Å²) in [5.74, 6) is -1.01. The van der Waals surface area contributed by atoms with Gasteiger partial charge in [0.05, 0.1) is 27.6 Å². The number of nitrogens with zero attached hydrogens (tertiary/aromatic N) is 1. The van der Waals surface area contributed by atoms with Gasteiger partial charge in [-0.2, -0.15) is 0 Å². The predicted molar refractivity (Wildman–Crippen MR) is 142 cm³/mol. The number of allylic oxidation sites excluding steroid dienone is 11. The number of carboxylic acid groups (broad SMARTS) is 1. The van der Waals surface area contributed by atoms with Gasteiger partial charge in [-0.3, -0.25) is 4.79 Å². The van der Waals surface area contributed by atoms with Crippen LogP contribution in [0.1, 0.15) is 71.1 Å². The number of aliphatic hydroxyl groups is 1. The molecule has 0 saturated heterocycles. The fourth-order valence-corrected chi connectivity index (χ4v) is 3.57. The Labute approximate surface area is 203 Å². The maximum atomic E-state index is 11.1. The SMILES string of the molecule is CCCCCCCCCCC=CC=CC=CC=CC=CC=CC(O)(CC(=O)O)C[N+](C)(C)C. The van der Waals surface area contributed by atoms with Crippen LogP contribution in [0.2, 0.25) is 0 Å². The number of carboxylic acids is 1. The molecule has 0 aromatic rings. The second-order valence-electron chi connectivity index (χ2n) is 9.71. The van der Waals surface area contributed by atoms with Crippen molar-refractivity contribution in [3.05, 3.63) is 72.9 Å². The molecule has 0 fully saturated rings. The Hall–Kier alpha value is -2.17. The zero-order chi connectivity index (χ0) is 24.8. The number of aliphatic carboxylic acids is 1. The Morgan fingerprint density at radius 3 is 1.67 bits per heavy atom. The molecule has 4 heteroatoms. The number of rotatable bonds is 19. The van der Waals surface area contributed by atoms with E-state index in [1.807, 2.05) is 63.7 Å². The normalized spacial score (nSPS) is 15.3. The lowest BCUT2D eigenvalue weighted by Crippen LogP contribution is -2.49. The van der Waals surface area contributed by atoms with Crippen LogP contribution < -0.4 is 0 Å². The molecule has 0 spiro atoms. The van der Waals surface area contributed by atoms with Gasteiger partial charge in [-0.15, -0.1) is 0 Å². The molecule has 0 aliphatic carbocycles. The quantitative estimate of drug-likeness (QED) is 0.128. The highest BCUT2D eigenvalue weighted by atomic mass is 16.4. The second kappa shape index (κ2) is 19.3. The van der Waals surface area contributed by atoms with Crippen LogP contribution in [-0.2, 0) is 4.79 Å². The Morgan fingerprint density at radius 1 is 0.727 bits per heavy atom. The number of hydrogen-bond donors (Lipinski definition) is 2. The lowest BCUT2D eigenvalue weighted by molar-refractivity contribution is -0.876. The van der Waals surface area contributed by atoms with E-state index in [1.54, 1.807) is 18.2 Å². The fraction of sp³-hybridized carbons (Fsp3) is 0.552. The number of unbranched alkanes of at least 4 members (excludes halogenated alkanes) is 8. The first kappa shape index (κ1) is 30.8. The fourth-order valence-electron chi connectivity index (χ4n) is 3.57. The average Bonchev–Trinajstić information content (AvgIpc) is 2.70. The van der Waals surface area contributed by atoms with Crippen molar-refractivity contribution in [2.45, 2.75) is 76.7 Å². The molecule has 186 valence electrons. The van der Waals surface area contributed by atoms with Gasteiger partial charge in [0.25, 0.3) is 0 Å². The van der Waals surface area contributed by atoms with Crippen LogP contribution in [-0.4, -0.2) is 54.0 Å². The zero-order valence-electron chi connectivity index (χ0n) is 21.5. The Balaban J connectivity index is 4.10. The van der Waals surface area contributed by atoms with Crippen LogP contribution in [0.3, 0.4) is 0 Å². The molecule has 2 N–H and O–H groups in total. The van der Waals surface area contributed by atoms with Crippen molar-refractivity contribution < 1.29 is 19.5 Å². The van der Waals surface area contributed by atoms with Gasteiger partial charge in [0, 0.05) is 0 Å². The highest BCUT2D eigenvalue weighted by molar-refractivity contribution is 5.68. The van der Waals surface area contributed by atoms with Crippen molar-refractivity contribution in [1.82, 2.24) is 0 Å². The molecule has 0 bridgehead atoms. The molecule has 0 heterocycles. The van der Waals surface area contributed by atoms with E-state index in [4.69, 9.17) is 5.11 Å². The van der Waals surface area contributed by atoms with E-state index in [2.05, 4.69) is 19.1 Å². The van der Waals surface area contributed by atoms with Gasteiger partial charge in [-0.05, 0) is 18.9 Å². The number of quaternary nitrogens is 1. The molecule has 0 amide bonds. The van der Waals surface area contributed by atoms with Crippen LogP contribution in [0.4, 0.5) is 0 Å². The van der Waals surface area contributed by atoms with Crippen molar-refractivity contribution in [1.29, 1.82) is 0 Å². The van der Waals surface area contributed by atoms with E-state index in [0.717, 1.165) is 6.42 Å². The molecule has 0 radical (unpaired) electrons. The van der Waals surface area contributed by atoms with Crippen LogP contribution in [0.25, 0.3) is 0 Å². The lowest BCUT2D eigenvalue weighted by Gasteiger charge is -2.32. The van der Waals surface area contributed by atoms with Gasteiger partial charge in [-0.1, -0.05) is 119 Å². The Bertz CT molecular complexity index is 677. The molecular weight excluding hydrogens is 410 g/mol. The monoisotopic (exact) mass is 458 g/mol. The van der Waals surface area contributed by atoms with E-state index < -0.39 is 11.6 Å². The van der Waals surface area contributed by atoms with Gasteiger partial charge >= 0.3 is 5.97 Å². The van der Waals surface area contributed by atoms with Crippen LogP contribution in [0.15, 0.2) is 72.9 Å². The summed E-state index contributed by atoms with van der Waals surface area (Å²) in [4.78, 5) is 11.1. The standard InChI is InChI=1S/C29H47NO3/c1-5-6-7-8-9-10-11-12-13-14-15-16-17-18-19-20-21-22-23-24-25-29(33,26-28(31)32)27-30(2,3)4/h14-25,33H,5-13,26-27H2,1-4H3/p+1. The molecule has 0 saturated carbocycles. The van der Waals surface area contributed by atoms with Crippen molar-refractivity contribution in [3.8, 4) is 0 Å². The molecule has 0 aromatic heterocycles. The summed E-state index contributed by atoms with van der Waals surface area (Å²) in [5.41, 5.74) is -1.37. The lowest BCUT2D eigenvalue weighted by atomic mass is 9.97. The maximum absolute atomic E-state index is 11.1.